The molecule has 7 nitrogen and oxygen atoms in total. The average Bonchev–Trinajstić information content (AvgIpc) is 2.98. The molecule has 1 amide bonds. The quantitative estimate of drug-likeness (QED) is 0.818. The summed E-state index contributed by atoms with van der Waals surface area (Å²) in [5.41, 5.74) is 0. The van der Waals surface area contributed by atoms with Crippen molar-refractivity contribution >= 4 is 39.1 Å². The number of hydrogen-bond donors (Lipinski definition) is 0. The molecule has 0 radical (unpaired) electrons. The lowest BCUT2D eigenvalue weighted by molar-refractivity contribution is 0.201. The highest BCUT2D eigenvalue weighted by atomic mass is 35.5. The molecule has 0 aliphatic carbocycles. The minimum Gasteiger partial charge on any atom is -0.323 e. The highest BCUT2D eigenvalue weighted by Crippen LogP contribution is 2.32. The van der Waals surface area contributed by atoms with Crippen LogP contribution in [0.4, 0.5) is 4.79 Å². The van der Waals surface area contributed by atoms with Crippen LogP contribution in [0.15, 0.2) is 34.6 Å². The lowest BCUT2D eigenvalue weighted by Gasteiger charge is -2.17. The molecule has 23 heavy (non-hydrogen) atoms. The van der Waals surface area contributed by atoms with Gasteiger partial charge in [-0.2, -0.15) is 4.68 Å². The molecule has 0 saturated heterocycles. The number of amides is 1. The van der Waals surface area contributed by atoms with E-state index in [-0.39, 0.29) is 14.9 Å². The third-order valence-corrected chi connectivity index (χ3v) is 5.63. The minimum atomic E-state index is -4.13. The highest BCUT2D eigenvalue weighted by Gasteiger charge is 2.29. The van der Waals surface area contributed by atoms with Crippen molar-refractivity contribution in [3.05, 3.63) is 34.6 Å². The number of aromatic nitrogens is 3. The predicted molar refractivity (Wildman–Crippen MR) is 85.7 cm³/mol. The second-order valence-corrected chi connectivity index (χ2v) is 7.08. The van der Waals surface area contributed by atoms with E-state index in [0.717, 1.165) is 11.0 Å². The molecule has 0 aliphatic rings. The van der Waals surface area contributed by atoms with Crippen LogP contribution in [-0.2, 0) is 9.84 Å². The van der Waals surface area contributed by atoms with Crippen molar-refractivity contribution < 1.29 is 13.2 Å². The van der Waals surface area contributed by atoms with Crippen molar-refractivity contribution in [2.24, 2.45) is 0 Å². The molecule has 1 heterocycles. The van der Waals surface area contributed by atoms with Gasteiger partial charge < -0.3 is 4.90 Å². The van der Waals surface area contributed by atoms with E-state index in [4.69, 9.17) is 23.2 Å². The Hall–Kier alpha value is -1.64. The van der Waals surface area contributed by atoms with Gasteiger partial charge in [0, 0.05) is 13.1 Å². The fourth-order valence-electron chi connectivity index (χ4n) is 1.93. The Labute approximate surface area is 143 Å². The van der Waals surface area contributed by atoms with E-state index in [0.29, 0.717) is 13.1 Å². The van der Waals surface area contributed by atoms with Gasteiger partial charge in [0.05, 0.1) is 10.0 Å². The summed E-state index contributed by atoms with van der Waals surface area (Å²) in [4.78, 5) is 17.1. The van der Waals surface area contributed by atoms with Gasteiger partial charge in [-0.05, 0) is 26.0 Å². The molecular formula is C13H14Cl2N4O3S. The van der Waals surface area contributed by atoms with E-state index in [1.54, 1.807) is 13.8 Å². The van der Waals surface area contributed by atoms with Crippen LogP contribution in [0.3, 0.4) is 0 Å². The summed E-state index contributed by atoms with van der Waals surface area (Å²) in [6.07, 6.45) is 1.05. The molecule has 0 atom stereocenters. The van der Waals surface area contributed by atoms with Crippen molar-refractivity contribution in [3.63, 3.8) is 0 Å². The number of sulfone groups is 1. The van der Waals surface area contributed by atoms with E-state index < -0.39 is 21.0 Å². The van der Waals surface area contributed by atoms with Crippen molar-refractivity contribution in [1.82, 2.24) is 19.7 Å². The Morgan fingerprint density at radius 2 is 1.78 bits per heavy atom. The van der Waals surface area contributed by atoms with Gasteiger partial charge in [0.15, 0.2) is 0 Å². The van der Waals surface area contributed by atoms with Crippen LogP contribution in [0.2, 0.25) is 10.0 Å². The Bertz CT molecular complexity index is 811. The molecule has 0 bridgehead atoms. The number of carbonyl (C=O) groups is 1. The molecule has 2 rings (SSSR count). The maximum atomic E-state index is 12.6. The van der Waals surface area contributed by atoms with Crippen LogP contribution in [0.5, 0.6) is 0 Å². The largest absolute Gasteiger partial charge is 0.346 e. The Balaban J connectivity index is 2.46. The molecular weight excluding hydrogens is 363 g/mol. The van der Waals surface area contributed by atoms with Gasteiger partial charge in [0.25, 0.3) is 5.16 Å². The Morgan fingerprint density at radius 1 is 1.22 bits per heavy atom. The summed E-state index contributed by atoms with van der Waals surface area (Å²) in [5.74, 6) is 0. The second kappa shape index (κ2) is 6.86. The first-order chi connectivity index (χ1) is 10.8. The zero-order chi connectivity index (χ0) is 17.2. The standard InChI is InChI=1S/C13H14Cl2N4O3S/c1-3-18(4-2)13(20)19-8-16-12(17-19)23(21,22)11-9(14)6-5-7-10(11)15/h5-8H,3-4H2,1-2H3. The van der Waals surface area contributed by atoms with Gasteiger partial charge >= 0.3 is 6.03 Å². The maximum Gasteiger partial charge on any atom is 0.346 e. The number of benzene rings is 1. The van der Waals surface area contributed by atoms with Crippen LogP contribution in [-0.4, -0.2) is 47.2 Å². The maximum absolute atomic E-state index is 12.6. The third-order valence-electron chi connectivity index (χ3n) is 3.13. The molecule has 0 unspecified atom stereocenters. The van der Waals surface area contributed by atoms with E-state index in [9.17, 15) is 13.2 Å². The Morgan fingerprint density at radius 3 is 2.30 bits per heavy atom. The molecule has 0 saturated carbocycles. The zero-order valence-corrected chi connectivity index (χ0v) is 14.7. The number of hydrogen-bond acceptors (Lipinski definition) is 5. The van der Waals surface area contributed by atoms with Gasteiger partial charge in [-0.3, -0.25) is 0 Å². The molecule has 124 valence electrons. The molecule has 1 aromatic carbocycles. The summed E-state index contributed by atoms with van der Waals surface area (Å²) in [6.45, 7) is 4.54. The molecule has 0 N–H and O–H groups in total. The fourth-order valence-corrected chi connectivity index (χ4v) is 4.15. The molecule has 10 heteroatoms. The van der Waals surface area contributed by atoms with Crippen LogP contribution >= 0.6 is 23.2 Å². The van der Waals surface area contributed by atoms with E-state index >= 15 is 0 Å². The number of nitrogens with zero attached hydrogens (tertiary/aromatic N) is 4. The van der Waals surface area contributed by atoms with Crippen molar-refractivity contribution in [2.75, 3.05) is 13.1 Å². The molecule has 1 aromatic heterocycles. The minimum absolute atomic E-state index is 0.0380. The molecule has 0 fully saturated rings. The summed E-state index contributed by atoms with van der Waals surface area (Å²) >= 11 is 11.9. The van der Waals surface area contributed by atoms with Crippen LogP contribution < -0.4 is 0 Å². The first-order valence-electron chi connectivity index (χ1n) is 6.73. The summed E-state index contributed by atoms with van der Waals surface area (Å²) in [7, 11) is -4.13. The van der Waals surface area contributed by atoms with Gasteiger partial charge in [-0.25, -0.2) is 18.2 Å². The van der Waals surface area contributed by atoms with Gasteiger partial charge in [-0.15, -0.1) is 5.10 Å². The summed E-state index contributed by atoms with van der Waals surface area (Å²) in [5, 5.41) is 3.16. The second-order valence-electron chi connectivity index (χ2n) is 4.48. The number of rotatable bonds is 4. The van der Waals surface area contributed by atoms with Crippen LogP contribution in [0.25, 0.3) is 0 Å². The normalized spacial score (nSPS) is 11.5. The van der Waals surface area contributed by atoms with Gasteiger partial charge in [0.2, 0.25) is 9.84 Å². The summed E-state index contributed by atoms with van der Waals surface area (Å²) < 4.78 is 26.1. The third kappa shape index (κ3) is 3.34. The summed E-state index contributed by atoms with van der Waals surface area (Å²) in [6, 6.07) is 3.87. The monoisotopic (exact) mass is 376 g/mol. The zero-order valence-electron chi connectivity index (χ0n) is 12.4. The van der Waals surface area contributed by atoms with E-state index in [1.807, 2.05) is 0 Å². The van der Waals surface area contributed by atoms with Gasteiger partial charge in [-0.1, -0.05) is 29.3 Å². The first-order valence-corrected chi connectivity index (χ1v) is 8.96. The van der Waals surface area contributed by atoms with Crippen LogP contribution in [0.1, 0.15) is 13.8 Å². The average molecular weight is 377 g/mol. The topological polar surface area (TPSA) is 85.2 Å². The van der Waals surface area contributed by atoms with Crippen LogP contribution in [0, 0.1) is 0 Å². The van der Waals surface area contributed by atoms with E-state index in [1.165, 1.54) is 23.1 Å². The van der Waals surface area contributed by atoms with Gasteiger partial charge in [0.1, 0.15) is 11.2 Å². The number of carbonyl (C=O) groups excluding carboxylic acids is 1. The SMILES string of the molecule is CCN(CC)C(=O)n1cnc(S(=O)(=O)c2c(Cl)cccc2Cl)n1. The Kier molecular flexibility index (Phi) is 5.28. The van der Waals surface area contributed by atoms with Crippen molar-refractivity contribution in [3.8, 4) is 0 Å². The molecule has 2 aromatic rings. The molecule has 0 spiro atoms. The van der Waals surface area contributed by atoms with Crippen molar-refractivity contribution in [2.45, 2.75) is 23.9 Å². The van der Waals surface area contributed by atoms with E-state index in [2.05, 4.69) is 10.1 Å². The lowest BCUT2D eigenvalue weighted by atomic mass is 10.4. The fraction of sp³-hybridized carbons (Fsp3) is 0.308. The number of halogens is 2. The van der Waals surface area contributed by atoms with Crippen molar-refractivity contribution in [1.29, 1.82) is 0 Å². The lowest BCUT2D eigenvalue weighted by Crippen LogP contribution is -2.34. The first kappa shape index (κ1) is 17.7. The smallest absolute Gasteiger partial charge is 0.323 e. The predicted octanol–water partition coefficient (Wildman–Crippen LogP) is 2.73. The molecule has 0 aliphatic heterocycles. The highest BCUT2D eigenvalue weighted by molar-refractivity contribution is 7.91.